The van der Waals surface area contributed by atoms with Gasteiger partial charge in [0.15, 0.2) is 0 Å². The molecule has 3 nitrogen and oxygen atoms in total. The fraction of sp³-hybridized carbons (Fsp3) is 0.500. The molecule has 1 aromatic carbocycles. The lowest BCUT2D eigenvalue weighted by Gasteiger charge is -2.27. The van der Waals surface area contributed by atoms with E-state index in [4.69, 9.17) is 11.6 Å². The number of nitrogens with zero attached hydrogens (tertiary/aromatic N) is 1. The molecule has 0 spiro atoms. The third-order valence-corrected chi connectivity index (χ3v) is 3.65. The van der Waals surface area contributed by atoms with Crippen molar-refractivity contribution in [2.24, 2.45) is 5.92 Å². The zero-order valence-corrected chi connectivity index (χ0v) is 11.4. The first-order valence-electron chi connectivity index (χ1n) is 6.37. The van der Waals surface area contributed by atoms with Gasteiger partial charge in [-0.2, -0.15) is 0 Å². The number of rotatable bonds is 3. The van der Waals surface area contributed by atoms with Crippen LogP contribution in [0.25, 0.3) is 0 Å². The summed E-state index contributed by atoms with van der Waals surface area (Å²) >= 11 is 5.85. The van der Waals surface area contributed by atoms with Crippen LogP contribution in [-0.2, 0) is 11.3 Å². The molecule has 0 saturated carbocycles. The van der Waals surface area contributed by atoms with E-state index in [2.05, 4.69) is 5.32 Å². The molecule has 1 heterocycles. The highest BCUT2D eigenvalue weighted by molar-refractivity contribution is 6.30. The summed E-state index contributed by atoms with van der Waals surface area (Å²) in [5, 5.41) is 4.01. The fourth-order valence-corrected chi connectivity index (χ4v) is 2.45. The molecule has 1 fully saturated rings. The number of halogens is 1. The van der Waals surface area contributed by atoms with Crippen LogP contribution >= 0.6 is 11.6 Å². The van der Waals surface area contributed by atoms with Crippen LogP contribution < -0.4 is 5.32 Å². The largest absolute Gasteiger partial charge is 0.341 e. The smallest absolute Gasteiger partial charge is 0.225 e. The SMILES string of the molecule is CN(Cc1ccc(Cl)cc1)C(=O)C1CCNCC1. The minimum atomic E-state index is 0.184. The van der Waals surface area contributed by atoms with Crippen LogP contribution in [0.3, 0.4) is 0 Å². The topological polar surface area (TPSA) is 32.3 Å². The quantitative estimate of drug-likeness (QED) is 0.911. The Morgan fingerprint density at radius 1 is 1.33 bits per heavy atom. The molecule has 0 aromatic heterocycles. The highest BCUT2D eigenvalue weighted by atomic mass is 35.5. The third-order valence-electron chi connectivity index (χ3n) is 3.40. The minimum absolute atomic E-state index is 0.184. The number of nitrogens with one attached hydrogen (secondary N) is 1. The van der Waals surface area contributed by atoms with Gasteiger partial charge in [-0.25, -0.2) is 0 Å². The summed E-state index contributed by atoms with van der Waals surface area (Å²) in [5.74, 6) is 0.440. The van der Waals surface area contributed by atoms with Crippen molar-refractivity contribution < 1.29 is 4.79 Å². The molecular formula is C14H19ClN2O. The maximum atomic E-state index is 12.2. The van der Waals surface area contributed by atoms with E-state index in [-0.39, 0.29) is 11.8 Å². The monoisotopic (exact) mass is 266 g/mol. The second-order valence-electron chi connectivity index (χ2n) is 4.85. The molecule has 0 radical (unpaired) electrons. The van der Waals surface area contributed by atoms with E-state index >= 15 is 0 Å². The summed E-state index contributed by atoms with van der Waals surface area (Å²) in [4.78, 5) is 14.1. The molecule has 2 rings (SSSR count). The molecule has 1 saturated heterocycles. The lowest BCUT2D eigenvalue weighted by molar-refractivity contribution is -0.135. The molecular weight excluding hydrogens is 248 g/mol. The fourth-order valence-electron chi connectivity index (χ4n) is 2.32. The third kappa shape index (κ3) is 3.47. The maximum Gasteiger partial charge on any atom is 0.225 e. The number of amides is 1. The minimum Gasteiger partial charge on any atom is -0.341 e. The average Bonchev–Trinajstić information content (AvgIpc) is 2.41. The molecule has 1 aromatic rings. The molecule has 1 aliphatic rings. The van der Waals surface area contributed by atoms with Crippen molar-refractivity contribution in [3.8, 4) is 0 Å². The Morgan fingerprint density at radius 3 is 2.56 bits per heavy atom. The second-order valence-corrected chi connectivity index (χ2v) is 5.28. The molecule has 98 valence electrons. The van der Waals surface area contributed by atoms with E-state index in [1.54, 1.807) is 0 Å². The standard InChI is InChI=1S/C14H19ClN2O/c1-17(10-11-2-4-13(15)5-3-11)14(18)12-6-8-16-9-7-12/h2-5,12,16H,6-10H2,1H3. The zero-order chi connectivity index (χ0) is 13.0. The Bertz CT molecular complexity index is 399. The number of hydrogen-bond donors (Lipinski definition) is 1. The van der Waals surface area contributed by atoms with E-state index in [0.717, 1.165) is 36.5 Å². The van der Waals surface area contributed by atoms with Gasteiger partial charge in [-0.1, -0.05) is 23.7 Å². The van der Waals surface area contributed by atoms with Gasteiger partial charge in [0.1, 0.15) is 0 Å². The van der Waals surface area contributed by atoms with Crippen LogP contribution in [0.15, 0.2) is 24.3 Å². The van der Waals surface area contributed by atoms with Crippen molar-refractivity contribution in [2.45, 2.75) is 19.4 Å². The lowest BCUT2D eigenvalue weighted by Crippen LogP contribution is -2.38. The van der Waals surface area contributed by atoms with Crippen LogP contribution in [0, 0.1) is 5.92 Å². The van der Waals surface area contributed by atoms with Gasteiger partial charge >= 0.3 is 0 Å². The zero-order valence-electron chi connectivity index (χ0n) is 10.7. The van der Waals surface area contributed by atoms with E-state index in [1.165, 1.54) is 0 Å². The Labute approximate surface area is 113 Å². The highest BCUT2D eigenvalue weighted by Crippen LogP contribution is 2.16. The van der Waals surface area contributed by atoms with Gasteiger partial charge in [0, 0.05) is 24.5 Å². The predicted octanol–water partition coefficient (Wildman–Crippen LogP) is 2.30. The molecule has 0 unspecified atom stereocenters. The molecule has 1 N–H and O–H groups in total. The van der Waals surface area contributed by atoms with Gasteiger partial charge in [-0.15, -0.1) is 0 Å². The van der Waals surface area contributed by atoms with E-state index in [0.29, 0.717) is 6.54 Å². The van der Waals surface area contributed by atoms with Crippen LogP contribution in [0.5, 0.6) is 0 Å². The van der Waals surface area contributed by atoms with Crippen molar-refractivity contribution in [1.29, 1.82) is 0 Å². The summed E-state index contributed by atoms with van der Waals surface area (Å²) in [6, 6.07) is 7.66. The van der Waals surface area contributed by atoms with Crippen molar-refractivity contribution in [3.63, 3.8) is 0 Å². The van der Waals surface area contributed by atoms with Gasteiger partial charge in [0.2, 0.25) is 5.91 Å². The first-order valence-corrected chi connectivity index (χ1v) is 6.75. The first-order chi connectivity index (χ1) is 8.66. The summed E-state index contributed by atoms with van der Waals surface area (Å²) < 4.78 is 0. The summed E-state index contributed by atoms with van der Waals surface area (Å²) in [7, 11) is 1.87. The van der Waals surface area contributed by atoms with Gasteiger partial charge in [0.05, 0.1) is 0 Å². The van der Waals surface area contributed by atoms with Crippen molar-refractivity contribution >= 4 is 17.5 Å². The summed E-state index contributed by atoms with van der Waals surface area (Å²) in [5.41, 5.74) is 1.11. The van der Waals surface area contributed by atoms with Gasteiger partial charge in [-0.05, 0) is 43.6 Å². The number of hydrogen-bond acceptors (Lipinski definition) is 2. The molecule has 1 aliphatic heterocycles. The first kappa shape index (κ1) is 13.4. The normalized spacial score (nSPS) is 16.6. The van der Waals surface area contributed by atoms with E-state index < -0.39 is 0 Å². The van der Waals surface area contributed by atoms with Crippen molar-refractivity contribution in [3.05, 3.63) is 34.9 Å². The Kier molecular flexibility index (Phi) is 4.61. The van der Waals surface area contributed by atoms with Gasteiger partial charge < -0.3 is 10.2 Å². The van der Waals surface area contributed by atoms with E-state index in [1.807, 2.05) is 36.2 Å². The van der Waals surface area contributed by atoms with Crippen molar-refractivity contribution in [2.75, 3.05) is 20.1 Å². The van der Waals surface area contributed by atoms with Gasteiger partial charge in [-0.3, -0.25) is 4.79 Å². The molecule has 18 heavy (non-hydrogen) atoms. The number of carbonyl (C=O) groups is 1. The lowest BCUT2D eigenvalue weighted by atomic mass is 9.96. The van der Waals surface area contributed by atoms with Crippen LogP contribution in [0.2, 0.25) is 5.02 Å². The van der Waals surface area contributed by atoms with Crippen molar-refractivity contribution in [1.82, 2.24) is 10.2 Å². The molecule has 1 amide bonds. The van der Waals surface area contributed by atoms with E-state index in [9.17, 15) is 4.79 Å². The number of carbonyl (C=O) groups excluding carboxylic acids is 1. The average molecular weight is 267 g/mol. The second kappa shape index (κ2) is 6.21. The number of piperidine rings is 1. The van der Waals surface area contributed by atoms with Crippen LogP contribution in [-0.4, -0.2) is 30.9 Å². The Balaban J connectivity index is 1.92. The molecule has 0 aliphatic carbocycles. The Hall–Kier alpha value is -1.06. The molecule has 0 bridgehead atoms. The summed E-state index contributed by atoms with van der Waals surface area (Å²) in [6.07, 6.45) is 1.90. The molecule has 0 atom stereocenters. The van der Waals surface area contributed by atoms with Crippen LogP contribution in [0.4, 0.5) is 0 Å². The predicted molar refractivity (Wildman–Crippen MR) is 73.5 cm³/mol. The summed E-state index contributed by atoms with van der Waals surface area (Å²) in [6.45, 7) is 2.55. The van der Waals surface area contributed by atoms with Crippen LogP contribution in [0.1, 0.15) is 18.4 Å². The Morgan fingerprint density at radius 2 is 1.94 bits per heavy atom. The number of benzene rings is 1. The van der Waals surface area contributed by atoms with Gasteiger partial charge in [0.25, 0.3) is 0 Å². The maximum absolute atomic E-state index is 12.2. The molecule has 4 heteroatoms. The highest BCUT2D eigenvalue weighted by Gasteiger charge is 2.23.